The number of nitrogens with two attached hydrogens (primary N) is 1. The number of aromatic nitrogens is 3. The van der Waals surface area contributed by atoms with Crippen molar-refractivity contribution in [2.24, 2.45) is 5.73 Å². The van der Waals surface area contributed by atoms with E-state index in [1.807, 2.05) is 38.2 Å². The normalized spacial score (nSPS) is 12.6. The van der Waals surface area contributed by atoms with E-state index >= 15 is 0 Å². The summed E-state index contributed by atoms with van der Waals surface area (Å²) in [5.41, 5.74) is 6.35. The quantitative estimate of drug-likeness (QED) is 0.127. The Morgan fingerprint density at radius 1 is 0.657 bits per heavy atom. The van der Waals surface area contributed by atoms with Crippen LogP contribution in [0.1, 0.15) is 123 Å². The predicted molar refractivity (Wildman–Crippen MR) is 147 cm³/mol. The molecule has 0 fully saturated rings. The lowest BCUT2D eigenvalue weighted by Gasteiger charge is -2.11. The molecule has 0 radical (unpaired) electrons. The van der Waals surface area contributed by atoms with Gasteiger partial charge in [-0.3, -0.25) is 0 Å². The lowest BCUT2D eigenvalue weighted by Crippen LogP contribution is -2.19. The highest BCUT2D eigenvalue weighted by atomic mass is 16.5. The van der Waals surface area contributed by atoms with Crippen LogP contribution in [0.3, 0.4) is 0 Å². The first-order valence-electron chi connectivity index (χ1n) is 14.2. The Morgan fingerprint density at radius 3 is 1.60 bits per heavy atom. The Bertz CT molecular complexity index is 644. The fraction of sp³-hybridized carbons (Fsp3) is 0.759. The van der Waals surface area contributed by atoms with Gasteiger partial charge in [0.2, 0.25) is 0 Å². The van der Waals surface area contributed by atoms with Crippen LogP contribution in [0.4, 0.5) is 0 Å². The number of nitrogens with zero attached hydrogens (tertiary/aromatic N) is 3. The highest BCUT2D eigenvalue weighted by Crippen LogP contribution is 2.15. The van der Waals surface area contributed by atoms with Crippen molar-refractivity contribution in [3.8, 4) is 12.0 Å². The van der Waals surface area contributed by atoms with E-state index < -0.39 is 0 Å². The van der Waals surface area contributed by atoms with Crippen LogP contribution in [0, 0.1) is 0 Å². The van der Waals surface area contributed by atoms with Gasteiger partial charge in [0.1, 0.15) is 19.0 Å². The van der Waals surface area contributed by atoms with Gasteiger partial charge in [0.15, 0.2) is 0 Å². The number of aryl methyl sites for hydroxylation is 1. The van der Waals surface area contributed by atoms with Crippen molar-refractivity contribution >= 4 is 0 Å². The van der Waals surface area contributed by atoms with Crippen LogP contribution < -0.4 is 15.2 Å². The summed E-state index contributed by atoms with van der Waals surface area (Å²) in [6.07, 6.45) is 27.8. The summed E-state index contributed by atoms with van der Waals surface area (Å²) in [5, 5.41) is 0. The topological polar surface area (TPSA) is 83.2 Å². The fourth-order valence-electron chi connectivity index (χ4n) is 3.96. The molecule has 6 heteroatoms. The molecule has 0 amide bonds. The van der Waals surface area contributed by atoms with Gasteiger partial charge >= 0.3 is 12.0 Å². The second kappa shape index (κ2) is 22.5. The summed E-state index contributed by atoms with van der Waals surface area (Å²) in [6.45, 7) is 7.06. The SMILES string of the molecule is C/C=C/COc1nc(CCCCCC(N)CCCCCCCCCCCC)nc(OC/C=C/C)n1. The molecule has 2 N–H and O–H groups in total. The highest BCUT2D eigenvalue weighted by molar-refractivity contribution is 5.06. The molecular weight excluding hydrogens is 436 g/mol. The van der Waals surface area contributed by atoms with Gasteiger partial charge in [-0.2, -0.15) is 9.97 Å². The molecule has 35 heavy (non-hydrogen) atoms. The van der Waals surface area contributed by atoms with Gasteiger partial charge in [-0.1, -0.05) is 108 Å². The third kappa shape index (κ3) is 18.0. The summed E-state index contributed by atoms with van der Waals surface area (Å²) in [4.78, 5) is 13.2. The Labute approximate surface area is 215 Å². The first-order valence-corrected chi connectivity index (χ1v) is 14.2. The van der Waals surface area contributed by atoms with Gasteiger partial charge in [0, 0.05) is 12.5 Å². The van der Waals surface area contributed by atoms with E-state index in [9.17, 15) is 0 Å². The van der Waals surface area contributed by atoms with Crippen molar-refractivity contribution < 1.29 is 9.47 Å². The molecule has 0 aliphatic rings. The van der Waals surface area contributed by atoms with E-state index in [2.05, 4.69) is 21.9 Å². The molecule has 0 spiro atoms. The minimum absolute atomic E-state index is 0.321. The third-order valence-corrected chi connectivity index (χ3v) is 6.13. The molecule has 1 aromatic rings. The van der Waals surface area contributed by atoms with Gasteiger partial charge in [-0.15, -0.1) is 4.98 Å². The van der Waals surface area contributed by atoms with Crippen molar-refractivity contribution in [2.45, 2.75) is 130 Å². The Kier molecular flexibility index (Phi) is 20.0. The highest BCUT2D eigenvalue weighted by Gasteiger charge is 2.09. The maximum Gasteiger partial charge on any atom is 0.323 e. The van der Waals surface area contributed by atoms with E-state index in [0.29, 0.717) is 31.3 Å². The first kappa shape index (κ1) is 31.1. The van der Waals surface area contributed by atoms with Crippen molar-refractivity contribution in [1.82, 2.24) is 15.0 Å². The summed E-state index contributed by atoms with van der Waals surface area (Å²) in [7, 11) is 0. The van der Waals surface area contributed by atoms with Gasteiger partial charge in [-0.05, 0) is 33.1 Å². The molecule has 1 unspecified atom stereocenters. The van der Waals surface area contributed by atoms with E-state index in [1.165, 1.54) is 64.2 Å². The lowest BCUT2D eigenvalue weighted by atomic mass is 10.0. The minimum Gasteiger partial charge on any atom is -0.459 e. The Balaban J connectivity index is 2.19. The maximum atomic E-state index is 6.35. The van der Waals surface area contributed by atoms with Gasteiger partial charge < -0.3 is 15.2 Å². The van der Waals surface area contributed by atoms with E-state index in [0.717, 1.165) is 44.3 Å². The van der Waals surface area contributed by atoms with Crippen LogP contribution in [0.25, 0.3) is 0 Å². The second-order valence-corrected chi connectivity index (χ2v) is 9.41. The number of hydrogen-bond acceptors (Lipinski definition) is 6. The van der Waals surface area contributed by atoms with Crippen molar-refractivity contribution in [3.05, 3.63) is 30.1 Å². The zero-order valence-corrected chi connectivity index (χ0v) is 22.9. The predicted octanol–water partition coefficient (Wildman–Crippen LogP) is 7.52. The van der Waals surface area contributed by atoms with Crippen molar-refractivity contribution in [3.63, 3.8) is 0 Å². The van der Waals surface area contributed by atoms with Gasteiger partial charge in [-0.25, -0.2) is 0 Å². The Hall–Kier alpha value is -1.95. The zero-order valence-electron chi connectivity index (χ0n) is 22.9. The summed E-state index contributed by atoms with van der Waals surface area (Å²) >= 11 is 0. The Morgan fingerprint density at radius 2 is 1.11 bits per heavy atom. The second-order valence-electron chi connectivity index (χ2n) is 9.41. The van der Waals surface area contributed by atoms with Crippen LogP contribution in [0.5, 0.6) is 12.0 Å². The molecule has 1 heterocycles. The molecule has 1 atom stereocenters. The first-order chi connectivity index (χ1) is 17.2. The van der Waals surface area contributed by atoms with Gasteiger partial charge in [0.05, 0.1) is 0 Å². The standard InChI is InChI=1S/C29H52N4O2/c1-4-7-10-11-12-13-14-15-16-18-21-26(30)22-19-17-20-23-27-31-28(34-24-8-5-2)33-29(32-27)35-25-9-6-3/h5-6,8-9,26H,4,7,10-25,30H2,1-3H3/b8-5+,9-6+. The van der Waals surface area contributed by atoms with Crippen LogP contribution in [-0.4, -0.2) is 34.2 Å². The van der Waals surface area contributed by atoms with Crippen molar-refractivity contribution in [2.75, 3.05) is 13.2 Å². The minimum atomic E-state index is 0.321. The largest absolute Gasteiger partial charge is 0.459 e. The monoisotopic (exact) mass is 488 g/mol. The fourth-order valence-corrected chi connectivity index (χ4v) is 3.96. The molecule has 0 aliphatic heterocycles. The molecule has 200 valence electrons. The third-order valence-electron chi connectivity index (χ3n) is 6.13. The van der Waals surface area contributed by atoms with Crippen LogP contribution >= 0.6 is 0 Å². The molecule has 0 aromatic carbocycles. The summed E-state index contributed by atoms with van der Waals surface area (Å²) in [6, 6.07) is 0.976. The van der Waals surface area contributed by atoms with E-state index in [-0.39, 0.29) is 0 Å². The lowest BCUT2D eigenvalue weighted by molar-refractivity contribution is 0.294. The number of ether oxygens (including phenoxy) is 2. The average molecular weight is 489 g/mol. The molecule has 0 bridgehead atoms. The molecular formula is C29H52N4O2. The smallest absolute Gasteiger partial charge is 0.323 e. The number of unbranched alkanes of at least 4 members (excludes halogenated alkanes) is 11. The van der Waals surface area contributed by atoms with Gasteiger partial charge in [0.25, 0.3) is 0 Å². The maximum absolute atomic E-state index is 6.35. The average Bonchev–Trinajstić information content (AvgIpc) is 2.85. The van der Waals surface area contributed by atoms with Crippen LogP contribution in [0.2, 0.25) is 0 Å². The summed E-state index contributed by atoms with van der Waals surface area (Å²) in [5.74, 6) is 0.723. The van der Waals surface area contributed by atoms with Crippen LogP contribution in [-0.2, 0) is 6.42 Å². The zero-order chi connectivity index (χ0) is 25.4. The molecule has 0 saturated carbocycles. The van der Waals surface area contributed by atoms with Crippen LogP contribution in [0.15, 0.2) is 24.3 Å². The number of hydrogen-bond donors (Lipinski definition) is 1. The van der Waals surface area contributed by atoms with E-state index in [1.54, 1.807) is 0 Å². The molecule has 0 saturated heterocycles. The van der Waals surface area contributed by atoms with Crippen molar-refractivity contribution in [1.29, 1.82) is 0 Å². The molecule has 1 rings (SSSR count). The molecule has 6 nitrogen and oxygen atoms in total. The summed E-state index contributed by atoms with van der Waals surface area (Å²) < 4.78 is 11.2. The molecule has 0 aliphatic carbocycles. The molecule has 1 aromatic heterocycles. The number of rotatable bonds is 23. The number of allylic oxidation sites excluding steroid dienone is 2. The van der Waals surface area contributed by atoms with E-state index in [4.69, 9.17) is 15.2 Å².